The molecule has 0 saturated carbocycles. The maximum atomic E-state index is 9.61. The summed E-state index contributed by atoms with van der Waals surface area (Å²) in [6, 6.07) is 7.15. The molecule has 5 nitrogen and oxygen atoms in total. The Bertz CT molecular complexity index is 462. The second-order valence-corrected chi connectivity index (χ2v) is 4.60. The molecule has 1 aliphatic rings. The van der Waals surface area contributed by atoms with Crippen molar-refractivity contribution in [3.05, 3.63) is 23.8 Å². The van der Waals surface area contributed by atoms with Crippen LogP contribution in [-0.4, -0.2) is 43.3 Å². The number of nitrogens with one attached hydrogen (secondary N) is 1. The molecule has 2 N–H and O–H groups in total. The van der Waals surface area contributed by atoms with Crippen molar-refractivity contribution < 1.29 is 9.84 Å². The normalized spacial score (nSPS) is 18.3. The quantitative estimate of drug-likeness (QED) is 0.857. The maximum Gasteiger partial charge on any atom is 0.160 e. The van der Waals surface area contributed by atoms with E-state index in [0.29, 0.717) is 5.75 Å². The van der Waals surface area contributed by atoms with Gasteiger partial charge in [0.1, 0.15) is 6.04 Å². The summed E-state index contributed by atoms with van der Waals surface area (Å²) in [6.07, 6.45) is 1.04. The predicted molar refractivity (Wildman–Crippen MR) is 72.1 cm³/mol. The summed E-state index contributed by atoms with van der Waals surface area (Å²) in [5, 5.41) is 22.4. The largest absolute Gasteiger partial charge is 0.504 e. The van der Waals surface area contributed by atoms with Crippen LogP contribution >= 0.6 is 0 Å². The highest BCUT2D eigenvalue weighted by molar-refractivity contribution is 5.43. The van der Waals surface area contributed by atoms with Gasteiger partial charge < -0.3 is 15.2 Å². The summed E-state index contributed by atoms with van der Waals surface area (Å²) < 4.78 is 5.10. The van der Waals surface area contributed by atoms with Crippen LogP contribution in [0.3, 0.4) is 0 Å². The van der Waals surface area contributed by atoms with E-state index >= 15 is 0 Å². The van der Waals surface area contributed by atoms with Gasteiger partial charge in [0.05, 0.1) is 13.2 Å². The van der Waals surface area contributed by atoms with Crippen molar-refractivity contribution in [2.75, 3.05) is 33.3 Å². The molecule has 1 aromatic rings. The average molecular weight is 261 g/mol. The van der Waals surface area contributed by atoms with Gasteiger partial charge in [-0.15, -0.1) is 0 Å². The van der Waals surface area contributed by atoms with Crippen LogP contribution in [0.2, 0.25) is 0 Å². The summed E-state index contributed by atoms with van der Waals surface area (Å²) in [7, 11) is 1.51. The highest BCUT2D eigenvalue weighted by Crippen LogP contribution is 2.31. The minimum Gasteiger partial charge on any atom is -0.504 e. The molecule has 0 spiro atoms. The predicted octanol–water partition coefficient (Wildman–Crippen LogP) is 1.26. The highest BCUT2D eigenvalue weighted by Gasteiger charge is 2.22. The number of rotatable bonds is 3. The summed E-state index contributed by atoms with van der Waals surface area (Å²) in [5.74, 6) is 0.506. The zero-order chi connectivity index (χ0) is 13.7. The van der Waals surface area contributed by atoms with Crippen molar-refractivity contribution in [2.45, 2.75) is 12.5 Å². The summed E-state index contributed by atoms with van der Waals surface area (Å²) in [4.78, 5) is 2.16. The summed E-state index contributed by atoms with van der Waals surface area (Å²) in [6.45, 7) is 3.64. The Labute approximate surface area is 113 Å². The van der Waals surface area contributed by atoms with Crippen LogP contribution in [0.5, 0.6) is 11.5 Å². The van der Waals surface area contributed by atoms with Crippen LogP contribution in [0.4, 0.5) is 0 Å². The Morgan fingerprint density at radius 2 is 2.26 bits per heavy atom. The number of hydrogen-bond acceptors (Lipinski definition) is 5. The van der Waals surface area contributed by atoms with Gasteiger partial charge in [-0.05, 0) is 30.7 Å². The lowest BCUT2D eigenvalue weighted by atomic mass is 10.1. The van der Waals surface area contributed by atoms with Gasteiger partial charge in [-0.1, -0.05) is 6.07 Å². The third kappa shape index (κ3) is 3.16. The standard InChI is InChI=1S/C14H19N3O2/c1-19-14-9-11(3-4-13(14)18)12(10-15)17-7-2-5-16-6-8-17/h3-4,9,12,16,18H,2,5-8H2,1H3. The smallest absolute Gasteiger partial charge is 0.160 e. The monoisotopic (exact) mass is 261 g/mol. The maximum absolute atomic E-state index is 9.61. The minimum atomic E-state index is -0.297. The van der Waals surface area contributed by atoms with Crippen LogP contribution in [-0.2, 0) is 0 Å². The summed E-state index contributed by atoms with van der Waals surface area (Å²) >= 11 is 0. The number of hydrogen-bond donors (Lipinski definition) is 2. The first-order chi connectivity index (χ1) is 9.26. The van der Waals surface area contributed by atoms with Crippen molar-refractivity contribution in [1.29, 1.82) is 5.26 Å². The molecule has 19 heavy (non-hydrogen) atoms. The van der Waals surface area contributed by atoms with Gasteiger partial charge in [0.25, 0.3) is 0 Å². The lowest BCUT2D eigenvalue weighted by molar-refractivity contribution is 0.251. The van der Waals surface area contributed by atoms with Gasteiger partial charge in [0.15, 0.2) is 11.5 Å². The Hall–Kier alpha value is -1.77. The average Bonchev–Trinajstić information content (AvgIpc) is 2.70. The van der Waals surface area contributed by atoms with Crippen LogP contribution in [0.15, 0.2) is 18.2 Å². The van der Waals surface area contributed by atoms with E-state index < -0.39 is 0 Å². The van der Waals surface area contributed by atoms with Gasteiger partial charge in [-0.2, -0.15) is 5.26 Å². The number of phenolic OH excluding ortho intramolecular Hbond substituents is 1. The van der Waals surface area contributed by atoms with Gasteiger partial charge >= 0.3 is 0 Å². The molecule has 5 heteroatoms. The molecular weight excluding hydrogens is 242 g/mol. The summed E-state index contributed by atoms with van der Waals surface area (Å²) in [5.41, 5.74) is 0.860. The molecule has 0 amide bonds. The second-order valence-electron chi connectivity index (χ2n) is 4.60. The fourth-order valence-electron chi connectivity index (χ4n) is 2.36. The van der Waals surface area contributed by atoms with E-state index in [4.69, 9.17) is 4.74 Å². The van der Waals surface area contributed by atoms with E-state index in [1.807, 2.05) is 0 Å². The molecule has 102 valence electrons. The van der Waals surface area contributed by atoms with Crippen LogP contribution in [0.25, 0.3) is 0 Å². The fourth-order valence-corrected chi connectivity index (χ4v) is 2.36. The van der Waals surface area contributed by atoms with E-state index in [1.165, 1.54) is 7.11 Å². The Kier molecular flexibility index (Phi) is 4.61. The zero-order valence-corrected chi connectivity index (χ0v) is 11.1. The Morgan fingerprint density at radius 3 is 3.00 bits per heavy atom. The molecule has 1 fully saturated rings. The molecule has 0 aliphatic carbocycles. The Morgan fingerprint density at radius 1 is 1.42 bits per heavy atom. The highest BCUT2D eigenvalue weighted by atomic mass is 16.5. The number of methoxy groups -OCH3 is 1. The van der Waals surface area contributed by atoms with E-state index in [0.717, 1.165) is 38.2 Å². The molecule has 0 bridgehead atoms. The number of nitrogens with zero attached hydrogens (tertiary/aromatic N) is 2. The molecule has 1 heterocycles. The molecule has 1 atom stereocenters. The van der Waals surface area contributed by atoms with Crippen molar-refractivity contribution in [1.82, 2.24) is 10.2 Å². The molecule has 1 aliphatic heterocycles. The molecule has 1 aromatic carbocycles. The SMILES string of the molecule is COc1cc(C(C#N)N2CCCNCC2)ccc1O. The first-order valence-corrected chi connectivity index (χ1v) is 6.47. The van der Waals surface area contributed by atoms with Crippen LogP contribution in [0, 0.1) is 11.3 Å². The van der Waals surface area contributed by atoms with Crippen molar-refractivity contribution in [3.63, 3.8) is 0 Å². The first-order valence-electron chi connectivity index (χ1n) is 6.47. The van der Waals surface area contributed by atoms with Crippen molar-refractivity contribution >= 4 is 0 Å². The molecule has 0 aromatic heterocycles. The van der Waals surface area contributed by atoms with E-state index in [2.05, 4.69) is 16.3 Å². The number of benzene rings is 1. The molecular formula is C14H19N3O2. The van der Waals surface area contributed by atoms with Gasteiger partial charge in [-0.3, -0.25) is 4.90 Å². The van der Waals surface area contributed by atoms with Crippen molar-refractivity contribution in [3.8, 4) is 17.6 Å². The van der Waals surface area contributed by atoms with E-state index in [9.17, 15) is 10.4 Å². The number of nitriles is 1. The van der Waals surface area contributed by atoms with Gasteiger partial charge in [0, 0.05) is 19.6 Å². The zero-order valence-electron chi connectivity index (χ0n) is 11.1. The van der Waals surface area contributed by atoms with Crippen molar-refractivity contribution in [2.24, 2.45) is 0 Å². The molecule has 0 radical (unpaired) electrons. The lowest BCUT2D eigenvalue weighted by Gasteiger charge is -2.25. The first kappa shape index (κ1) is 13.7. The molecule has 1 saturated heterocycles. The number of aromatic hydroxyl groups is 1. The second kappa shape index (κ2) is 6.41. The van der Waals surface area contributed by atoms with Gasteiger partial charge in [-0.25, -0.2) is 0 Å². The van der Waals surface area contributed by atoms with E-state index in [1.54, 1.807) is 18.2 Å². The van der Waals surface area contributed by atoms with Crippen LogP contribution in [0.1, 0.15) is 18.0 Å². The lowest BCUT2D eigenvalue weighted by Crippen LogP contribution is -2.31. The van der Waals surface area contributed by atoms with E-state index in [-0.39, 0.29) is 11.8 Å². The fraction of sp³-hybridized carbons (Fsp3) is 0.500. The Balaban J connectivity index is 2.23. The molecule has 1 unspecified atom stereocenters. The third-order valence-electron chi connectivity index (χ3n) is 3.38. The topological polar surface area (TPSA) is 68.5 Å². The van der Waals surface area contributed by atoms with Gasteiger partial charge in [0.2, 0.25) is 0 Å². The van der Waals surface area contributed by atoms with Crippen LogP contribution < -0.4 is 10.1 Å². The number of ether oxygens (including phenoxy) is 1. The molecule has 2 rings (SSSR count). The number of phenols is 1. The minimum absolute atomic E-state index is 0.0977. The third-order valence-corrected chi connectivity index (χ3v) is 3.38.